The van der Waals surface area contributed by atoms with Crippen molar-refractivity contribution < 1.29 is 23.4 Å². The van der Waals surface area contributed by atoms with Crippen LogP contribution in [0.5, 0.6) is 0 Å². The molecule has 0 unspecified atom stereocenters. The number of hydrogen-bond acceptors (Lipinski definition) is 5. The Labute approximate surface area is 136 Å². The first-order valence-corrected chi connectivity index (χ1v) is 10.8. The zero-order valence-electron chi connectivity index (χ0n) is 15.6. The monoisotopic (exact) mass is 334 g/mol. The molecule has 0 aliphatic heterocycles. The Balaban J connectivity index is 3.58. The van der Waals surface area contributed by atoms with E-state index in [1.54, 1.807) is 0 Å². The summed E-state index contributed by atoms with van der Waals surface area (Å²) in [7, 11) is -1.69. The third-order valence-corrected chi connectivity index (χ3v) is 8.05. The lowest BCUT2D eigenvalue weighted by molar-refractivity contribution is -0.160. The van der Waals surface area contributed by atoms with Crippen LogP contribution in [0.25, 0.3) is 0 Å². The summed E-state index contributed by atoms with van der Waals surface area (Å²) in [5.41, 5.74) is -0.474. The van der Waals surface area contributed by atoms with Gasteiger partial charge in [0.05, 0.1) is 26.4 Å². The van der Waals surface area contributed by atoms with E-state index in [1.807, 2.05) is 20.8 Å². The zero-order valence-corrected chi connectivity index (χ0v) is 16.6. The Hall–Kier alpha value is -0.433. The number of hydrogen-bond donors (Lipinski definition) is 0. The van der Waals surface area contributed by atoms with Crippen LogP contribution < -0.4 is 0 Å². The number of carbonyl (C=O) groups is 1. The highest BCUT2D eigenvalue weighted by atomic mass is 28.4. The Kier molecular flexibility index (Phi) is 8.83. The van der Waals surface area contributed by atoms with Crippen LogP contribution >= 0.6 is 0 Å². The van der Waals surface area contributed by atoms with E-state index in [-0.39, 0.29) is 17.6 Å². The van der Waals surface area contributed by atoms with Crippen molar-refractivity contribution in [2.24, 2.45) is 0 Å². The van der Waals surface area contributed by atoms with Crippen LogP contribution in [0.2, 0.25) is 18.1 Å². The van der Waals surface area contributed by atoms with Crippen LogP contribution in [-0.2, 0) is 23.4 Å². The van der Waals surface area contributed by atoms with Gasteiger partial charge in [-0.3, -0.25) is 0 Å². The van der Waals surface area contributed by atoms with Gasteiger partial charge in [-0.1, -0.05) is 20.8 Å². The Bertz CT molecular complexity index is 328. The number of carbonyl (C=O) groups excluding carboxylic acids is 1. The van der Waals surface area contributed by atoms with E-state index in [1.165, 1.54) is 0 Å². The maximum Gasteiger partial charge on any atom is 0.332 e. The summed E-state index contributed by atoms with van der Waals surface area (Å²) in [6.45, 7) is 18.5. The molecule has 6 heteroatoms. The largest absolute Gasteiger partial charge is 0.458 e. The van der Waals surface area contributed by atoms with Crippen molar-refractivity contribution in [3.63, 3.8) is 0 Å². The molecule has 0 aromatic rings. The molecule has 0 amide bonds. The molecule has 0 aliphatic rings. The summed E-state index contributed by atoms with van der Waals surface area (Å²) in [5, 5.41) is 0.212. The predicted molar refractivity (Wildman–Crippen MR) is 90.6 cm³/mol. The second kappa shape index (κ2) is 9.01. The molecule has 0 radical (unpaired) electrons. The maximum atomic E-state index is 11.4. The molecule has 0 atom stereocenters. The average molecular weight is 335 g/mol. The van der Waals surface area contributed by atoms with Gasteiger partial charge in [-0.15, -0.1) is 0 Å². The van der Waals surface area contributed by atoms with Crippen molar-refractivity contribution in [2.75, 3.05) is 33.0 Å². The van der Waals surface area contributed by atoms with Gasteiger partial charge in [0.2, 0.25) is 0 Å². The molecular weight excluding hydrogens is 300 g/mol. The molecule has 0 fully saturated rings. The first-order chi connectivity index (χ1) is 9.85. The minimum Gasteiger partial charge on any atom is -0.458 e. The highest BCUT2D eigenvalue weighted by Crippen LogP contribution is 2.36. The highest BCUT2D eigenvalue weighted by Gasteiger charge is 2.36. The van der Waals surface area contributed by atoms with Gasteiger partial charge in [-0.05, 0) is 38.9 Å². The van der Waals surface area contributed by atoms with Crippen molar-refractivity contribution in [1.82, 2.24) is 0 Å². The van der Waals surface area contributed by atoms with Crippen LogP contribution in [0.4, 0.5) is 0 Å². The molecule has 22 heavy (non-hydrogen) atoms. The number of esters is 1. The molecule has 0 bridgehead atoms. The quantitative estimate of drug-likeness (QED) is 0.367. The fourth-order valence-corrected chi connectivity index (χ4v) is 2.35. The topological polar surface area (TPSA) is 54.0 Å². The van der Waals surface area contributed by atoms with Gasteiger partial charge in [0, 0.05) is 0 Å². The van der Waals surface area contributed by atoms with Crippen LogP contribution in [0.1, 0.15) is 41.5 Å². The third kappa shape index (κ3) is 10.3. The molecule has 132 valence electrons. The average Bonchev–Trinajstić information content (AvgIpc) is 2.28. The minimum atomic E-state index is -1.69. The van der Waals surface area contributed by atoms with Crippen molar-refractivity contribution in [2.45, 2.75) is 65.3 Å². The first kappa shape index (κ1) is 21.6. The van der Waals surface area contributed by atoms with Gasteiger partial charge < -0.3 is 18.6 Å². The minimum absolute atomic E-state index is 0.0406. The predicted octanol–water partition coefficient (Wildman–Crippen LogP) is 3.38. The first-order valence-electron chi connectivity index (χ1n) is 7.86. The summed E-state index contributed by atoms with van der Waals surface area (Å²) in [4.78, 5) is 11.4. The fourth-order valence-electron chi connectivity index (χ4n) is 1.32. The normalized spacial score (nSPS) is 13.3. The molecule has 0 aliphatic carbocycles. The Morgan fingerprint density at radius 1 is 0.864 bits per heavy atom. The van der Waals surface area contributed by atoms with E-state index in [9.17, 15) is 4.79 Å². The van der Waals surface area contributed by atoms with Gasteiger partial charge in [0.25, 0.3) is 0 Å². The van der Waals surface area contributed by atoms with Crippen molar-refractivity contribution in [1.29, 1.82) is 0 Å². The van der Waals surface area contributed by atoms with Gasteiger partial charge in [-0.2, -0.15) is 0 Å². The summed E-state index contributed by atoms with van der Waals surface area (Å²) in [6, 6.07) is 0. The Morgan fingerprint density at radius 2 is 1.36 bits per heavy atom. The summed E-state index contributed by atoms with van der Waals surface area (Å²) in [6.07, 6.45) is 0. The van der Waals surface area contributed by atoms with E-state index < -0.39 is 13.9 Å². The van der Waals surface area contributed by atoms with Crippen LogP contribution in [0, 0.1) is 0 Å². The van der Waals surface area contributed by atoms with Crippen molar-refractivity contribution in [3.05, 3.63) is 0 Å². The molecule has 0 rings (SSSR count). The molecule has 0 saturated carbocycles. The van der Waals surface area contributed by atoms with Crippen molar-refractivity contribution >= 4 is 14.3 Å². The van der Waals surface area contributed by atoms with E-state index >= 15 is 0 Å². The zero-order chi connectivity index (χ0) is 17.4. The van der Waals surface area contributed by atoms with Gasteiger partial charge >= 0.3 is 5.97 Å². The fraction of sp³-hybridized carbons (Fsp3) is 0.938. The number of ether oxygens (including phenoxy) is 3. The lowest BCUT2D eigenvalue weighted by Crippen LogP contribution is -2.41. The molecule has 0 aromatic carbocycles. The smallest absolute Gasteiger partial charge is 0.332 e. The molecule has 0 heterocycles. The van der Waals surface area contributed by atoms with E-state index in [0.717, 1.165) is 0 Å². The lowest BCUT2D eigenvalue weighted by Gasteiger charge is -2.36. The van der Waals surface area contributed by atoms with E-state index in [2.05, 4.69) is 33.9 Å². The van der Waals surface area contributed by atoms with Gasteiger partial charge in [0.15, 0.2) is 8.32 Å². The summed E-state index contributed by atoms with van der Waals surface area (Å²) < 4.78 is 21.8. The maximum absolute atomic E-state index is 11.4. The van der Waals surface area contributed by atoms with Crippen LogP contribution in [-0.4, -0.2) is 52.9 Å². The van der Waals surface area contributed by atoms with Crippen LogP contribution in [0.3, 0.4) is 0 Å². The standard InChI is InChI=1S/C16H34O5Si/c1-15(2,3)21-14(17)13-19-10-9-18-11-12-20-22(7,8)16(4,5)6/h9-13H2,1-8H3. The summed E-state index contributed by atoms with van der Waals surface area (Å²) in [5.74, 6) is -0.353. The van der Waals surface area contributed by atoms with Gasteiger partial charge in [0.1, 0.15) is 12.2 Å². The van der Waals surface area contributed by atoms with E-state index in [0.29, 0.717) is 26.4 Å². The van der Waals surface area contributed by atoms with E-state index in [4.69, 9.17) is 18.6 Å². The lowest BCUT2D eigenvalue weighted by atomic mass is 10.2. The van der Waals surface area contributed by atoms with Gasteiger partial charge in [-0.25, -0.2) is 4.79 Å². The second-order valence-electron chi connectivity index (χ2n) is 7.86. The molecule has 0 saturated heterocycles. The van der Waals surface area contributed by atoms with Crippen molar-refractivity contribution in [3.8, 4) is 0 Å². The second-order valence-corrected chi connectivity index (χ2v) is 12.7. The molecule has 5 nitrogen and oxygen atoms in total. The molecule has 0 aromatic heterocycles. The highest BCUT2D eigenvalue weighted by molar-refractivity contribution is 6.74. The van der Waals surface area contributed by atoms with Crippen LogP contribution in [0.15, 0.2) is 0 Å². The third-order valence-electron chi connectivity index (χ3n) is 3.51. The Morgan fingerprint density at radius 3 is 1.86 bits per heavy atom. The summed E-state index contributed by atoms with van der Waals surface area (Å²) >= 11 is 0. The molecule has 0 spiro atoms. The molecule has 0 N–H and O–H groups in total. The number of rotatable bonds is 9. The SMILES string of the molecule is CC(C)(C)OC(=O)COCCOCCO[Si](C)(C)C(C)(C)C. The molecular formula is C16H34O5Si.